The molecule has 0 unspecified atom stereocenters. The van der Waals surface area contributed by atoms with Crippen LogP contribution in [0.1, 0.15) is 19.8 Å². The van der Waals surface area contributed by atoms with E-state index in [9.17, 15) is 8.78 Å². The van der Waals surface area contributed by atoms with E-state index >= 15 is 0 Å². The molecule has 17 heavy (non-hydrogen) atoms. The highest BCUT2D eigenvalue weighted by atomic mass is 19.1. The monoisotopic (exact) mass is 242 g/mol. The smallest absolute Gasteiger partial charge is 0.151 e. The molecular weight excluding hydrogens is 226 g/mol. The standard InChI is InChI=1S/C12H16F2N2O/c1-12(2-4-17-5-3-12)16-10-7-8(13)6-9(14)11(10)15/h6-7,16H,2-5,15H2,1H3. The van der Waals surface area contributed by atoms with Gasteiger partial charge in [0, 0.05) is 24.8 Å². The van der Waals surface area contributed by atoms with Crippen LogP contribution in [0.2, 0.25) is 0 Å². The molecule has 5 heteroatoms. The number of rotatable bonds is 2. The van der Waals surface area contributed by atoms with Gasteiger partial charge in [-0.25, -0.2) is 8.78 Å². The molecule has 0 saturated carbocycles. The van der Waals surface area contributed by atoms with E-state index in [-0.39, 0.29) is 11.2 Å². The summed E-state index contributed by atoms with van der Waals surface area (Å²) in [5.74, 6) is -1.36. The summed E-state index contributed by atoms with van der Waals surface area (Å²) in [4.78, 5) is 0. The summed E-state index contributed by atoms with van der Waals surface area (Å²) >= 11 is 0. The molecule has 0 spiro atoms. The Hall–Kier alpha value is -1.36. The molecule has 2 rings (SSSR count). The van der Waals surface area contributed by atoms with Gasteiger partial charge in [0.25, 0.3) is 0 Å². The van der Waals surface area contributed by atoms with Gasteiger partial charge >= 0.3 is 0 Å². The second kappa shape index (κ2) is 4.49. The van der Waals surface area contributed by atoms with E-state index in [0.717, 1.165) is 18.9 Å². The third-order valence-electron chi connectivity index (χ3n) is 3.13. The molecule has 1 fully saturated rings. The van der Waals surface area contributed by atoms with Gasteiger partial charge in [-0.3, -0.25) is 0 Å². The summed E-state index contributed by atoms with van der Waals surface area (Å²) < 4.78 is 31.7. The van der Waals surface area contributed by atoms with Crippen LogP contribution < -0.4 is 11.1 Å². The average molecular weight is 242 g/mol. The highest BCUT2D eigenvalue weighted by Crippen LogP contribution is 2.30. The second-order valence-electron chi connectivity index (χ2n) is 4.65. The van der Waals surface area contributed by atoms with Crippen LogP contribution in [-0.2, 0) is 4.74 Å². The van der Waals surface area contributed by atoms with Crippen LogP contribution in [-0.4, -0.2) is 18.8 Å². The SMILES string of the molecule is CC1(Nc2cc(F)cc(F)c2N)CCOCC1. The Balaban J connectivity index is 2.23. The molecule has 0 aromatic heterocycles. The van der Waals surface area contributed by atoms with E-state index in [1.54, 1.807) is 0 Å². The fourth-order valence-electron chi connectivity index (χ4n) is 1.96. The molecule has 0 aliphatic carbocycles. The fraction of sp³-hybridized carbons (Fsp3) is 0.500. The number of nitrogens with two attached hydrogens (primary N) is 1. The minimum atomic E-state index is -0.733. The van der Waals surface area contributed by atoms with Gasteiger partial charge in [-0.1, -0.05) is 0 Å². The maximum Gasteiger partial charge on any atom is 0.151 e. The molecule has 1 aliphatic rings. The summed E-state index contributed by atoms with van der Waals surface area (Å²) in [6.07, 6.45) is 1.56. The van der Waals surface area contributed by atoms with Crippen LogP contribution in [0.15, 0.2) is 12.1 Å². The Morgan fingerprint density at radius 3 is 2.59 bits per heavy atom. The van der Waals surface area contributed by atoms with Crippen molar-refractivity contribution in [3.8, 4) is 0 Å². The minimum absolute atomic E-state index is 0.0425. The molecule has 0 amide bonds. The van der Waals surface area contributed by atoms with Crippen LogP contribution in [0.5, 0.6) is 0 Å². The summed E-state index contributed by atoms with van der Waals surface area (Å²) in [6.45, 7) is 3.28. The van der Waals surface area contributed by atoms with Crippen molar-refractivity contribution in [3.63, 3.8) is 0 Å². The van der Waals surface area contributed by atoms with Gasteiger partial charge in [-0.2, -0.15) is 0 Å². The van der Waals surface area contributed by atoms with Crippen LogP contribution in [0.4, 0.5) is 20.2 Å². The van der Waals surface area contributed by atoms with E-state index in [4.69, 9.17) is 10.5 Å². The zero-order valence-corrected chi connectivity index (χ0v) is 9.72. The largest absolute Gasteiger partial charge is 0.395 e. The first-order chi connectivity index (χ1) is 8.00. The fourth-order valence-corrected chi connectivity index (χ4v) is 1.96. The number of nitrogens with one attached hydrogen (secondary N) is 1. The zero-order chi connectivity index (χ0) is 12.5. The molecule has 1 aromatic carbocycles. The van der Waals surface area contributed by atoms with Crippen molar-refractivity contribution in [2.75, 3.05) is 24.3 Å². The van der Waals surface area contributed by atoms with Gasteiger partial charge in [-0.05, 0) is 25.8 Å². The number of anilines is 2. The lowest BCUT2D eigenvalue weighted by Crippen LogP contribution is -2.40. The Bertz CT molecular complexity index is 417. The van der Waals surface area contributed by atoms with Gasteiger partial charge in [0.05, 0.1) is 11.4 Å². The highest BCUT2D eigenvalue weighted by Gasteiger charge is 2.28. The topological polar surface area (TPSA) is 47.3 Å². The number of halogens is 2. The number of hydrogen-bond acceptors (Lipinski definition) is 3. The van der Waals surface area contributed by atoms with Gasteiger partial charge in [0.2, 0.25) is 0 Å². The van der Waals surface area contributed by atoms with Gasteiger partial charge in [0.1, 0.15) is 5.82 Å². The minimum Gasteiger partial charge on any atom is -0.395 e. The van der Waals surface area contributed by atoms with Crippen molar-refractivity contribution in [1.82, 2.24) is 0 Å². The van der Waals surface area contributed by atoms with Gasteiger partial charge in [-0.15, -0.1) is 0 Å². The number of ether oxygens (including phenoxy) is 1. The van der Waals surface area contributed by atoms with Crippen molar-refractivity contribution in [1.29, 1.82) is 0 Å². The molecule has 0 bridgehead atoms. The Morgan fingerprint density at radius 2 is 1.94 bits per heavy atom. The number of nitrogen functional groups attached to an aromatic ring is 1. The first-order valence-electron chi connectivity index (χ1n) is 5.61. The van der Waals surface area contributed by atoms with E-state index in [0.29, 0.717) is 18.9 Å². The lowest BCUT2D eigenvalue weighted by Gasteiger charge is -2.35. The second-order valence-corrected chi connectivity index (χ2v) is 4.65. The molecule has 94 valence electrons. The molecule has 1 aromatic rings. The van der Waals surface area contributed by atoms with Crippen molar-refractivity contribution < 1.29 is 13.5 Å². The van der Waals surface area contributed by atoms with Gasteiger partial charge < -0.3 is 15.8 Å². The highest BCUT2D eigenvalue weighted by molar-refractivity contribution is 5.67. The number of hydrogen-bond donors (Lipinski definition) is 2. The van der Waals surface area contributed by atoms with Gasteiger partial charge in [0.15, 0.2) is 5.82 Å². The maximum atomic E-state index is 13.3. The molecule has 1 saturated heterocycles. The molecule has 3 nitrogen and oxygen atoms in total. The molecule has 1 aliphatic heterocycles. The predicted molar refractivity (Wildman–Crippen MR) is 62.9 cm³/mol. The van der Waals surface area contributed by atoms with Crippen molar-refractivity contribution in [2.45, 2.75) is 25.3 Å². The van der Waals surface area contributed by atoms with E-state index in [2.05, 4.69) is 5.32 Å². The molecule has 0 radical (unpaired) electrons. The van der Waals surface area contributed by atoms with Crippen LogP contribution in [0.25, 0.3) is 0 Å². The average Bonchev–Trinajstić information content (AvgIpc) is 2.26. The lowest BCUT2D eigenvalue weighted by atomic mass is 9.92. The summed E-state index contributed by atoms with van der Waals surface area (Å²) in [5, 5.41) is 3.12. The Labute approximate surface area is 98.9 Å². The lowest BCUT2D eigenvalue weighted by molar-refractivity contribution is 0.0658. The predicted octanol–water partition coefficient (Wildman–Crippen LogP) is 2.53. The first-order valence-corrected chi connectivity index (χ1v) is 5.61. The Kier molecular flexibility index (Phi) is 3.19. The maximum absolute atomic E-state index is 13.3. The molecule has 0 atom stereocenters. The van der Waals surface area contributed by atoms with Crippen LogP contribution >= 0.6 is 0 Å². The molecule has 1 heterocycles. The van der Waals surface area contributed by atoms with Crippen molar-refractivity contribution in [2.24, 2.45) is 0 Å². The van der Waals surface area contributed by atoms with Crippen molar-refractivity contribution in [3.05, 3.63) is 23.8 Å². The zero-order valence-electron chi connectivity index (χ0n) is 9.72. The summed E-state index contributed by atoms with van der Waals surface area (Å²) in [5.41, 5.74) is 5.63. The summed E-state index contributed by atoms with van der Waals surface area (Å²) in [6, 6.07) is 2.01. The Morgan fingerprint density at radius 1 is 1.29 bits per heavy atom. The first kappa shape index (κ1) is 12.1. The number of benzene rings is 1. The van der Waals surface area contributed by atoms with E-state index < -0.39 is 11.6 Å². The van der Waals surface area contributed by atoms with E-state index in [1.807, 2.05) is 6.92 Å². The quantitative estimate of drug-likeness (QED) is 0.783. The van der Waals surface area contributed by atoms with E-state index in [1.165, 1.54) is 6.07 Å². The normalized spacial score (nSPS) is 19.0. The van der Waals surface area contributed by atoms with Crippen molar-refractivity contribution >= 4 is 11.4 Å². The van der Waals surface area contributed by atoms with Crippen LogP contribution in [0.3, 0.4) is 0 Å². The molecule has 3 N–H and O–H groups in total. The third-order valence-corrected chi connectivity index (χ3v) is 3.13. The third kappa shape index (κ3) is 2.66. The molecular formula is C12H16F2N2O. The van der Waals surface area contributed by atoms with Crippen LogP contribution in [0, 0.1) is 11.6 Å². The summed E-state index contributed by atoms with van der Waals surface area (Å²) in [7, 11) is 0.